The number of hydrogen-bond donors (Lipinski definition) is 1. The Morgan fingerprint density at radius 2 is 2.11 bits per heavy atom. The van der Waals surface area contributed by atoms with Crippen molar-refractivity contribution in [2.45, 2.75) is 59.0 Å². The van der Waals surface area contributed by atoms with Crippen LogP contribution in [0.5, 0.6) is 0 Å². The van der Waals surface area contributed by atoms with Gasteiger partial charge in [-0.3, -0.25) is 4.90 Å². The van der Waals surface area contributed by atoms with Gasteiger partial charge in [0.15, 0.2) is 0 Å². The summed E-state index contributed by atoms with van der Waals surface area (Å²) in [5.41, 5.74) is 0. The molecular weight excluding hydrogens is 240 g/mol. The number of piperazine rings is 1. The molecule has 18 heavy (non-hydrogen) atoms. The molecule has 0 aromatic heterocycles. The van der Waals surface area contributed by atoms with Gasteiger partial charge in [0.05, 0.1) is 0 Å². The van der Waals surface area contributed by atoms with E-state index in [0.29, 0.717) is 6.04 Å². The first kappa shape index (κ1) is 16.3. The number of thioether (sulfide) groups is 1. The van der Waals surface area contributed by atoms with Gasteiger partial charge in [-0.15, -0.1) is 0 Å². The highest BCUT2D eigenvalue weighted by atomic mass is 32.2. The van der Waals surface area contributed by atoms with E-state index in [2.05, 4.69) is 49.7 Å². The molecule has 0 amide bonds. The zero-order valence-electron chi connectivity index (χ0n) is 12.7. The molecule has 108 valence electrons. The molecule has 1 rings (SSSR count). The summed E-state index contributed by atoms with van der Waals surface area (Å²) in [5.74, 6) is 3.39. The molecule has 2 unspecified atom stereocenters. The summed E-state index contributed by atoms with van der Waals surface area (Å²) >= 11 is 2.07. The van der Waals surface area contributed by atoms with Gasteiger partial charge in [-0.1, -0.05) is 27.7 Å². The molecule has 0 saturated carbocycles. The van der Waals surface area contributed by atoms with Crippen molar-refractivity contribution in [1.82, 2.24) is 10.2 Å². The van der Waals surface area contributed by atoms with Gasteiger partial charge in [-0.2, -0.15) is 11.8 Å². The SMILES string of the molecule is CCSCCCN1CC(CC(C)C)NCC1CC. The molecule has 1 N–H and O–H groups in total. The highest BCUT2D eigenvalue weighted by Gasteiger charge is 2.26. The predicted octanol–water partition coefficient (Wildman–Crippen LogP) is 3.23. The van der Waals surface area contributed by atoms with E-state index in [0.717, 1.165) is 12.0 Å². The molecular formula is C15H32N2S. The fourth-order valence-corrected chi connectivity index (χ4v) is 3.47. The minimum Gasteiger partial charge on any atom is -0.311 e. The van der Waals surface area contributed by atoms with Crippen LogP contribution in [0.1, 0.15) is 47.0 Å². The van der Waals surface area contributed by atoms with Crippen LogP contribution in [0.4, 0.5) is 0 Å². The summed E-state index contributed by atoms with van der Waals surface area (Å²) in [5, 5.41) is 3.74. The molecule has 1 fully saturated rings. The third-order valence-electron chi connectivity index (χ3n) is 3.78. The zero-order valence-corrected chi connectivity index (χ0v) is 13.6. The molecule has 1 aliphatic rings. The van der Waals surface area contributed by atoms with E-state index in [1.54, 1.807) is 0 Å². The maximum atomic E-state index is 3.74. The van der Waals surface area contributed by atoms with Crippen molar-refractivity contribution in [2.24, 2.45) is 5.92 Å². The molecule has 0 aromatic carbocycles. The molecule has 1 heterocycles. The molecule has 1 saturated heterocycles. The first-order valence-electron chi connectivity index (χ1n) is 7.72. The van der Waals surface area contributed by atoms with Gasteiger partial charge in [0.2, 0.25) is 0 Å². The Morgan fingerprint density at radius 3 is 2.72 bits per heavy atom. The summed E-state index contributed by atoms with van der Waals surface area (Å²) in [4.78, 5) is 2.74. The predicted molar refractivity (Wildman–Crippen MR) is 84.5 cm³/mol. The lowest BCUT2D eigenvalue weighted by Crippen LogP contribution is -2.56. The van der Waals surface area contributed by atoms with E-state index >= 15 is 0 Å². The van der Waals surface area contributed by atoms with Gasteiger partial charge >= 0.3 is 0 Å². The smallest absolute Gasteiger partial charge is 0.0218 e. The second-order valence-electron chi connectivity index (χ2n) is 5.84. The summed E-state index contributed by atoms with van der Waals surface area (Å²) < 4.78 is 0. The average molecular weight is 273 g/mol. The third-order valence-corrected chi connectivity index (χ3v) is 4.76. The Balaban J connectivity index is 2.33. The van der Waals surface area contributed by atoms with Crippen LogP contribution in [-0.2, 0) is 0 Å². The van der Waals surface area contributed by atoms with Gasteiger partial charge in [0, 0.05) is 25.2 Å². The lowest BCUT2D eigenvalue weighted by Gasteiger charge is -2.40. The summed E-state index contributed by atoms with van der Waals surface area (Å²) in [7, 11) is 0. The minimum absolute atomic E-state index is 0.714. The summed E-state index contributed by atoms with van der Waals surface area (Å²) in [6.45, 7) is 13.0. The molecule has 0 spiro atoms. The maximum absolute atomic E-state index is 3.74. The van der Waals surface area contributed by atoms with Crippen LogP contribution in [0.25, 0.3) is 0 Å². The minimum atomic E-state index is 0.714. The molecule has 1 aliphatic heterocycles. The normalized spacial score (nSPS) is 25.8. The van der Waals surface area contributed by atoms with Crippen LogP contribution in [0.2, 0.25) is 0 Å². The van der Waals surface area contributed by atoms with Crippen molar-refractivity contribution in [3.8, 4) is 0 Å². The number of nitrogens with one attached hydrogen (secondary N) is 1. The van der Waals surface area contributed by atoms with Crippen LogP contribution in [0.3, 0.4) is 0 Å². The highest BCUT2D eigenvalue weighted by molar-refractivity contribution is 7.99. The van der Waals surface area contributed by atoms with Crippen LogP contribution < -0.4 is 5.32 Å². The molecule has 0 bridgehead atoms. The topological polar surface area (TPSA) is 15.3 Å². The van der Waals surface area contributed by atoms with Gasteiger partial charge < -0.3 is 5.32 Å². The zero-order chi connectivity index (χ0) is 13.4. The monoisotopic (exact) mass is 272 g/mol. The van der Waals surface area contributed by atoms with Crippen molar-refractivity contribution in [2.75, 3.05) is 31.1 Å². The Kier molecular flexibility index (Phi) is 8.36. The van der Waals surface area contributed by atoms with E-state index in [1.165, 1.54) is 50.4 Å². The Hall–Kier alpha value is 0.270. The molecule has 0 radical (unpaired) electrons. The summed E-state index contributed by atoms with van der Waals surface area (Å²) in [6.07, 6.45) is 3.95. The van der Waals surface area contributed by atoms with Crippen LogP contribution >= 0.6 is 11.8 Å². The highest BCUT2D eigenvalue weighted by Crippen LogP contribution is 2.16. The lowest BCUT2D eigenvalue weighted by atomic mass is 9.99. The molecule has 3 heteroatoms. The van der Waals surface area contributed by atoms with Crippen LogP contribution in [-0.4, -0.2) is 48.1 Å². The Bertz CT molecular complexity index is 209. The largest absolute Gasteiger partial charge is 0.311 e. The van der Waals surface area contributed by atoms with Crippen molar-refractivity contribution in [1.29, 1.82) is 0 Å². The van der Waals surface area contributed by atoms with Crippen molar-refractivity contribution < 1.29 is 0 Å². The van der Waals surface area contributed by atoms with Crippen LogP contribution in [0.15, 0.2) is 0 Å². The fourth-order valence-electron chi connectivity index (χ4n) is 2.85. The third kappa shape index (κ3) is 5.94. The summed E-state index contributed by atoms with van der Waals surface area (Å²) in [6, 6.07) is 1.48. The maximum Gasteiger partial charge on any atom is 0.0218 e. The van der Waals surface area contributed by atoms with Crippen molar-refractivity contribution in [3.05, 3.63) is 0 Å². The second-order valence-corrected chi connectivity index (χ2v) is 7.24. The first-order valence-corrected chi connectivity index (χ1v) is 8.88. The van der Waals surface area contributed by atoms with E-state index < -0.39 is 0 Å². The van der Waals surface area contributed by atoms with E-state index in [-0.39, 0.29) is 0 Å². The molecule has 2 nitrogen and oxygen atoms in total. The van der Waals surface area contributed by atoms with Gasteiger partial charge in [0.25, 0.3) is 0 Å². The van der Waals surface area contributed by atoms with E-state index in [9.17, 15) is 0 Å². The standard InChI is InChI=1S/C15H32N2S/c1-5-15-11-16-14(10-13(3)4)12-17(15)8-7-9-18-6-2/h13-16H,5-12H2,1-4H3. The lowest BCUT2D eigenvalue weighted by molar-refractivity contribution is 0.119. The fraction of sp³-hybridized carbons (Fsp3) is 1.00. The van der Waals surface area contributed by atoms with Crippen molar-refractivity contribution >= 4 is 11.8 Å². The number of nitrogens with zero attached hydrogens (tertiary/aromatic N) is 1. The van der Waals surface area contributed by atoms with Crippen LogP contribution in [0, 0.1) is 5.92 Å². The molecule has 0 aliphatic carbocycles. The average Bonchev–Trinajstić information content (AvgIpc) is 2.34. The Morgan fingerprint density at radius 1 is 1.33 bits per heavy atom. The number of rotatable bonds is 8. The van der Waals surface area contributed by atoms with Gasteiger partial charge in [0.1, 0.15) is 0 Å². The molecule has 0 aromatic rings. The first-order chi connectivity index (χ1) is 8.67. The second kappa shape index (κ2) is 9.22. The van der Waals surface area contributed by atoms with Crippen molar-refractivity contribution in [3.63, 3.8) is 0 Å². The Labute approximate surface area is 118 Å². The molecule has 2 atom stereocenters. The number of hydrogen-bond acceptors (Lipinski definition) is 3. The van der Waals surface area contributed by atoms with Gasteiger partial charge in [-0.25, -0.2) is 0 Å². The van der Waals surface area contributed by atoms with E-state index in [4.69, 9.17) is 0 Å². The van der Waals surface area contributed by atoms with E-state index in [1.807, 2.05) is 0 Å². The van der Waals surface area contributed by atoms with Gasteiger partial charge in [-0.05, 0) is 43.2 Å². The quantitative estimate of drug-likeness (QED) is 0.683.